The highest BCUT2D eigenvalue weighted by molar-refractivity contribution is 5.69. The van der Waals surface area contributed by atoms with Gasteiger partial charge in [0.15, 0.2) is 0 Å². The maximum atomic E-state index is 12.2. The molecule has 1 aromatic rings. The Balaban J connectivity index is 1.86. The summed E-state index contributed by atoms with van der Waals surface area (Å²) in [5.41, 5.74) is 0.949. The molecule has 0 aromatic heterocycles. The number of hydrogen-bond acceptors (Lipinski definition) is 4. The summed E-state index contributed by atoms with van der Waals surface area (Å²) in [4.78, 5) is 26.7. The first-order valence-corrected chi connectivity index (χ1v) is 8.01. The van der Waals surface area contributed by atoms with Crippen LogP contribution >= 0.6 is 0 Å². The Kier molecular flexibility index (Phi) is 6.40. The van der Waals surface area contributed by atoms with Gasteiger partial charge in [0.2, 0.25) is 0 Å². The monoisotopic (exact) mass is 320 g/mol. The molecular weight excluding hydrogens is 296 g/mol. The Hall–Kier alpha value is -2.08. The molecule has 1 saturated heterocycles. The third-order valence-electron chi connectivity index (χ3n) is 4.11. The van der Waals surface area contributed by atoms with Gasteiger partial charge in [0.05, 0.1) is 6.54 Å². The van der Waals surface area contributed by atoms with Gasteiger partial charge in [0.1, 0.15) is 6.61 Å². The van der Waals surface area contributed by atoms with Crippen LogP contribution in [0.4, 0.5) is 4.79 Å². The molecule has 1 amide bonds. The van der Waals surface area contributed by atoms with Crippen LogP contribution in [0.15, 0.2) is 30.3 Å². The molecule has 0 unspecified atom stereocenters. The van der Waals surface area contributed by atoms with E-state index >= 15 is 0 Å². The number of carboxylic acid groups (broad SMARTS) is 1. The van der Waals surface area contributed by atoms with E-state index in [4.69, 9.17) is 9.84 Å². The zero-order valence-corrected chi connectivity index (χ0v) is 13.5. The van der Waals surface area contributed by atoms with Crippen molar-refractivity contribution in [1.82, 2.24) is 9.80 Å². The molecule has 1 aromatic carbocycles. The average Bonchev–Trinajstić information content (AvgIpc) is 2.97. The first kappa shape index (κ1) is 17.3. The van der Waals surface area contributed by atoms with Gasteiger partial charge in [-0.05, 0) is 31.9 Å². The quantitative estimate of drug-likeness (QED) is 0.834. The first-order valence-electron chi connectivity index (χ1n) is 8.01. The van der Waals surface area contributed by atoms with Crippen LogP contribution in [0, 0.1) is 0 Å². The SMILES string of the molecule is CCN(C[C@H]1CCCN1CC(=O)O)C(=O)OCc1ccccc1. The summed E-state index contributed by atoms with van der Waals surface area (Å²) in [6.45, 7) is 4.01. The number of carbonyl (C=O) groups excluding carboxylic acids is 1. The highest BCUT2D eigenvalue weighted by Gasteiger charge is 2.29. The van der Waals surface area contributed by atoms with E-state index in [0.29, 0.717) is 13.1 Å². The van der Waals surface area contributed by atoms with Crippen molar-refractivity contribution < 1.29 is 19.4 Å². The number of amides is 1. The van der Waals surface area contributed by atoms with Crippen molar-refractivity contribution in [3.05, 3.63) is 35.9 Å². The number of benzene rings is 1. The molecule has 0 aliphatic carbocycles. The number of likely N-dealkylation sites (N-methyl/N-ethyl adjacent to an activating group) is 1. The zero-order valence-electron chi connectivity index (χ0n) is 13.5. The normalized spacial score (nSPS) is 17.9. The van der Waals surface area contributed by atoms with E-state index in [2.05, 4.69) is 0 Å². The van der Waals surface area contributed by atoms with Crippen molar-refractivity contribution in [2.45, 2.75) is 32.4 Å². The van der Waals surface area contributed by atoms with Gasteiger partial charge in [-0.15, -0.1) is 0 Å². The average molecular weight is 320 g/mol. The van der Waals surface area contributed by atoms with Crippen LogP contribution < -0.4 is 0 Å². The maximum Gasteiger partial charge on any atom is 0.410 e. The number of aliphatic carboxylic acids is 1. The number of carboxylic acids is 1. The fraction of sp³-hybridized carbons (Fsp3) is 0.529. The molecule has 0 saturated carbocycles. The van der Waals surface area contributed by atoms with Gasteiger partial charge in [-0.1, -0.05) is 30.3 Å². The van der Waals surface area contributed by atoms with Crippen molar-refractivity contribution in [3.8, 4) is 0 Å². The number of rotatable bonds is 7. The lowest BCUT2D eigenvalue weighted by atomic mass is 10.2. The Morgan fingerprint density at radius 1 is 1.35 bits per heavy atom. The number of carbonyl (C=O) groups is 2. The van der Waals surface area contributed by atoms with Crippen molar-refractivity contribution in [2.24, 2.45) is 0 Å². The van der Waals surface area contributed by atoms with Crippen LogP contribution in [-0.4, -0.2) is 59.2 Å². The summed E-state index contributed by atoms with van der Waals surface area (Å²) in [5, 5.41) is 8.96. The number of nitrogens with zero attached hydrogens (tertiary/aromatic N) is 2. The molecule has 0 spiro atoms. The third-order valence-corrected chi connectivity index (χ3v) is 4.11. The van der Waals surface area contributed by atoms with E-state index < -0.39 is 5.97 Å². The van der Waals surface area contributed by atoms with Gasteiger partial charge in [-0.3, -0.25) is 9.69 Å². The number of ether oxygens (including phenoxy) is 1. The first-order chi connectivity index (χ1) is 11.1. The molecule has 1 N–H and O–H groups in total. The Labute approximate surface area is 136 Å². The van der Waals surface area contributed by atoms with Crippen LogP contribution in [0.5, 0.6) is 0 Å². The highest BCUT2D eigenvalue weighted by atomic mass is 16.6. The predicted octanol–water partition coefficient (Wildman–Crippen LogP) is 2.19. The summed E-state index contributed by atoms with van der Waals surface area (Å²) in [5.74, 6) is -0.827. The standard InChI is InChI=1S/C17H24N2O4/c1-2-18(11-15-9-6-10-19(15)12-16(20)21)17(22)23-13-14-7-4-3-5-8-14/h3-5,7-8,15H,2,6,9-13H2,1H3,(H,20,21)/t15-/m1/s1. The molecule has 6 nitrogen and oxygen atoms in total. The van der Waals surface area contributed by atoms with Crippen molar-refractivity contribution in [2.75, 3.05) is 26.2 Å². The molecule has 1 aliphatic heterocycles. The highest BCUT2D eigenvalue weighted by Crippen LogP contribution is 2.18. The second kappa shape index (κ2) is 8.53. The van der Waals surface area contributed by atoms with E-state index in [1.807, 2.05) is 42.2 Å². The van der Waals surface area contributed by atoms with E-state index in [9.17, 15) is 9.59 Å². The summed E-state index contributed by atoms with van der Waals surface area (Å²) in [7, 11) is 0. The Bertz CT molecular complexity index is 521. The number of likely N-dealkylation sites (tertiary alicyclic amines) is 1. The molecule has 1 atom stereocenters. The van der Waals surface area contributed by atoms with E-state index in [1.54, 1.807) is 4.90 Å². The fourth-order valence-electron chi connectivity index (χ4n) is 2.88. The molecular formula is C17H24N2O4. The topological polar surface area (TPSA) is 70.1 Å². The second-order valence-corrected chi connectivity index (χ2v) is 5.74. The van der Waals surface area contributed by atoms with Crippen molar-refractivity contribution >= 4 is 12.1 Å². The molecule has 126 valence electrons. The summed E-state index contributed by atoms with van der Waals surface area (Å²) < 4.78 is 5.36. The molecule has 0 radical (unpaired) electrons. The Morgan fingerprint density at radius 2 is 2.09 bits per heavy atom. The molecule has 1 fully saturated rings. The molecule has 6 heteroatoms. The fourth-order valence-corrected chi connectivity index (χ4v) is 2.88. The van der Waals surface area contributed by atoms with Crippen LogP contribution in [0.25, 0.3) is 0 Å². The Morgan fingerprint density at radius 3 is 2.74 bits per heavy atom. The van der Waals surface area contributed by atoms with E-state index in [1.165, 1.54) is 0 Å². The molecule has 23 heavy (non-hydrogen) atoms. The van der Waals surface area contributed by atoms with E-state index in [0.717, 1.165) is 24.9 Å². The minimum atomic E-state index is -0.827. The minimum Gasteiger partial charge on any atom is -0.480 e. The van der Waals surface area contributed by atoms with Gasteiger partial charge in [-0.25, -0.2) is 4.79 Å². The lowest BCUT2D eigenvalue weighted by Gasteiger charge is -2.28. The van der Waals surface area contributed by atoms with Crippen LogP contribution in [-0.2, 0) is 16.1 Å². The van der Waals surface area contributed by atoms with Crippen LogP contribution in [0.3, 0.4) is 0 Å². The number of hydrogen-bond donors (Lipinski definition) is 1. The van der Waals surface area contributed by atoms with Crippen LogP contribution in [0.1, 0.15) is 25.3 Å². The largest absolute Gasteiger partial charge is 0.480 e. The summed E-state index contributed by atoms with van der Waals surface area (Å²) in [6, 6.07) is 9.65. The summed E-state index contributed by atoms with van der Waals surface area (Å²) >= 11 is 0. The third kappa shape index (κ3) is 5.25. The van der Waals surface area contributed by atoms with Crippen molar-refractivity contribution in [1.29, 1.82) is 0 Å². The maximum absolute atomic E-state index is 12.2. The van der Waals surface area contributed by atoms with E-state index in [-0.39, 0.29) is 25.3 Å². The lowest BCUT2D eigenvalue weighted by molar-refractivity contribution is -0.138. The molecule has 1 heterocycles. The smallest absolute Gasteiger partial charge is 0.410 e. The molecule has 0 bridgehead atoms. The summed E-state index contributed by atoms with van der Waals surface area (Å²) in [6.07, 6.45) is 1.53. The van der Waals surface area contributed by atoms with Gasteiger partial charge < -0.3 is 14.7 Å². The van der Waals surface area contributed by atoms with Crippen molar-refractivity contribution in [3.63, 3.8) is 0 Å². The zero-order chi connectivity index (χ0) is 16.7. The minimum absolute atomic E-state index is 0.0291. The van der Waals surface area contributed by atoms with Crippen LogP contribution in [0.2, 0.25) is 0 Å². The molecule has 2 rings (SSSR count). The van der Waals surface area contributed by atoms with Gasteiger partial charge in [0, 0.05) is 19.1 Å². The second-order valence-electron chi connectivity index (χ2n) is 5.74. The predicted molar refractivity (Wildman–Crippen MR) is 86.1 cm³/mol. The lowest BCUT2D eigenvalue weighted by Crippen LogP contribution is -2.44. The van der Waals surface area contributed by atoms with Gasteiger partial charge >= 0.3 is 12.1 Å². The van der Waals surface area contributed by atoms with Gasteiger partial charge in [0.25, 0.3) is 0 Å². The van der Waals surface area contributed by atoms with Gasteiger partial charge in [-0.2, -0.15) is 0 Å². The molecule has 1 aliphatic rings.